The number of epoxide rings is 4. The summed E-state index contributed by atoms with van der Waals surface area (Å²) in [6.07, 6.45) is 1.99. The van der Waals surface area contributed by atoms with Crippen molar-refractivity contribution in [3.05, 3.63) is 0 Å². The van der Waals surface area contributed by atoms with Crippen LogP contribution < -0.4 is 0 Å². The van der Waals surface area contributed by atoms with E-state index < -0.39 is 0 Å². The molecular formula is C17H28O4S8. The van der Waals surface area contributed by atoms with Crippen molar-refractivity contribution in [2.24, 2.45) is 0 Å². The van der Waals surface area contributed by atoms with Crippen LogP contribution in [0.4, 0.5) is 0 Å². The van der Waals surface area contributed by atoms with E-state index >= 15 is 0 Å². The average molecular weight is 553 g/mol. The summed E-state index contributed by atoms with van der Waals surface area (Å²) >= 11 is 25.5. The maximum Gasteiger partial charge on any atom is 0.149 e. The molecule has 8 atom stereocenters. The molecule has 0 aromatic rings. The van der Waals surface area contributed by atoms with Gasteiger partial charge < -0.3 is 18.9 Å². The molecule has 168 valence electrons. The molecule has 0 aromatic heterocycles. The number of rotatable bonds is 12. The van der Waals surface area contributed by atoms with Crippen LogP contribution in [0.5, 0.6) is 0 Å². The lowest BCUT2D eigenvalue weighted by Gasteiger charge is -2.36. The summed E-state index contributed by atoms with van der Waals surface area (Å²) in [6.45, 7) is 8.47. The summed E-state index contributed by atoms with van der Waals surface area (Å²) in [5.74, 6) is 1.95. The second-order valence-corrected chi connectivity index (χ2v) is 17.0. The van der Waals surface area contributed by atoms with Gasteiger partial charge in [-0.25, -0.2) is 0 Å². The van der Waals surface area contributed by atoms with E-state index in [0.29, 0.717) is 0 Å². The first-order valence-electron chi connectivity index (χ1n) is 9.46. The summed E-state index contributed by atoms with van der Waals surface area (Å²) in [5, 5.41) is 0. The maximum atomic E-state index is 5.84. The van der Waals surface area contributed by atoms with Gasteiger partial charge in [-0.3, -0.25) is 0 Å². The summed E-state index contributed by atoms with van der Waals surface area (Å²) in [5.41, 5.74) is -0.0297. The lowest BCUT2D eigenvalue weighted by atomic mass is 10.2. The number of hydrogen-bond acceptors (Lipinski definition) is 12. The second-order valence-electron chi connectivity index (χ2n) is 8.26. The first-order chi connectivity index (χ1) is 13.3. The lowest BCUT2D eigenvalue weighted by Crippen LogP contribution is -2.31. The Labute approximate surface area is 212 Å². The van der Waals surface area contributed by atoms with Gasteiger partial charge in [-0.2, -0.15) is 0 Å². The van der Waals surface area contributed by atoms with Gasteiger partial charge in [0.25, 0.3) is 0 Å². The van der Waals surface area contributed by atoms with Crippen LogP contribution in [0.2, 0.25) is 0 Å². The molecule has 4 aliphatic rings. The van der Waals surface area contributed by atoms with Crippen LogP contribution >= 0.6 is 97.6 Å². The van der Waals surface area contributed by atoms with Gasteiger partial charge in [0.2, 0.25) is 0 Å². The van der Waals surface area contributed by atoms with E-state index in [1.165, 1.54) is 0 Å². The third kappa shape index (κ3) is 5.66. The van der Waals surface area contributed by atoms with Crippen molar-refractivity contribution in [3.63, 3.8) is 0 Å². The molecule has 0 aliphatic carbocycles. The highest BCUT2D eigenvalue weighted by atomic mass is 32.2. The minimum Gasteiger partial charge on any atom is -0.343 e. The number of hydrogen-bond donors (Lipinski definition) is 4. The van der Waals surface area contributed by atoms with E-state index in [1.807, 2.05) is 47.0 Å². The zero-order chi connectivity index (χ0) is 21.3. The Bertz CT molecular complexity index is 605. The minimum atomic E-state index is -0.277. The SMILES string of the molecule is CC1(SCCC(CCSC2(C)OC2S)(SC2(C)OC2S)SC2(C)OC2S)OC1S. The van der Waals surface area contributed by atoms with Gasteiger partial charge in [0.1, 0.15) is 41.5 Å². The van der Waals surface area contributed by atoms with Crippen LogP contribution in [0, 0.1) is 0 Å². The highest BCUT2D eigenvalue weighted by Crippen LogP contribution is 2.65. The fourth-order valence-electron chi connectivity index (χ4n) is 3.02. The normalized spacial score (nSPS) is 52.1. The molecule has 4 aliphatic heterocycles. The van der Waals surface area contributed by atoms with Crippen LogP contribution in [0.15, 0.2) is 0 Å². The van der Waals surface area contributed by atoms with E-state index in [1.54, 1.807) is 0 Å². The molecule has 0 saturated carbocycles. The second kappa shape index (κ2) is 8.39. The van der Waals surface area contributed by atoms with Crippen molar-refractivity contribution < 1.29 is 18.9 Å². The van der Waals surface area contributed by atoms with E-state index in [-0.39, 0.29) is 45.6 Å². The molecule has 0 N–H and O–H groups in total. The average Bonchev–Trinajstić information content (AvgIpc) is 3.54. The molecule has 4 heterocycles. The van der Waals surface area contributed by atoms with Crippen LogP contribution in [0.25, 0.3) is 0 Å². The van der Waals surface area contributed by atoms with E-state index in [9.17, 15) is 0 Å². The molecule has 4 fully saturated rings. The minimum absolute atomic E-state index is 0.0225. The van der Waals surface area contributed by atoms with Gasteiger partial charge in [0.15, 0.2) is 0 Å². The summed E-state index contributed by atoms with van der Waals surface area (Å²) in [6, 6.07) is 0. The Morgan fingerprint density at radius 1 is 0.621 bits per heavy atom. The fourth-order valence-corrected chi connectivity index (χ4v) is 11.7. The Balaban J connectivity index is 1.45. The van der Waals surface area contributed by atoms with Crippen LogP contribution in [0.3, 0.4) is 0 Å². The first kappa shape index (κ1) is 24.8. The van der Waals surface area contributed by atoms with Crippen molar-refractivity contribution in [3.8, 4) is 0 Å². The molecule has 0 aromatic carbocycles. The first-order valence-corrected chi connectivity index (χ1v) is 15.1. The maximum absolute atomic E-state index is 5.84. The van der Waals surface area contributed by atoms with Crippen LogP contribution in [-0.4, -0.2) is 57.1 Å². The Kier molecular flexibility index (Phi) is 7.16. The Morgan fingerprint density at radius 3 is 1.14 bits per heavy atom. The fraction of sp³-hybridized carbons (Fsp3) is 1.00. The number of thiol groups is 4. The van der Waals surface area contributed by atoms with Crippen molar-refractivity contribution >= 4 is 97.6 Å². The smallest absolute Gasteiger partial charge is 0.149 e. The molecule has 4 saturated heterocycles. The van der Waals surface area contributed by atoms with Gasteiger partial charge in [-0.1, -0.05) is 0 Å². The number of ether oxygens (including phenoxy) is 4. The van der Waals surface area contributed by atoms with Gasteiger partial charge in [0, 0.05) is 0 Å². The molecular weight excluding hydrogens is 525 g/mol. The van der Waals surface area contributed by atoms with Gasteiger partial charge in [-0.05, 0) is 52.0 Å². The molecule has 0 amide bonds. The van der Waals surface area contributed by atoms with E-state index in [2.05, 4.69) is 78.2 Å². The highest BCUT2D eigenvalue weighted by molar-refractivity contribution is 8.20. The van der Waals surface area contributed by atoms with Crippen molar-refractivity contribution in [1.29, 1.82) is 0 Å². The summed E-state index contributed by atoms with van der Waals surface area (Å²) < 4.78 is 22.9. The van der Waals surface area contributed by atoms with E-state index in [0.717, 1.165) is 24.3 Å². The van der Waals surface area contributed by atoms with Gasteiger partial charge in [-0.15, -0.1) is 97.6 Å². The molecule has 8 unspecified atom stereocenters. The van der Waals surface area contributed by atoms with Crippen LogP contribution in [-0.2, 0) is 18.9 Å². The van der Waals surface area contributed by atoms with Crippen LogP contribution in [0.1, 0.15) is 40.5 Å². The predicted molar refractivity (Wildman–Crippen MR) is 141 cm³/mol. The highest BCUT2D eigenvalue weighted by Gasteiger charge is 2.61. The molecule has 12 heteroatoms. The van der Waals surface area contributed by atoms with Gasteiger partial charge in [0.05, 0.1) is 4.08 Å². The molecule has 0 spiro atoms. The Hall–Kier alpha value is 2.64. The zero-order valence-electron chi connectivity index (χ0n) is 16.7. The predicted octanol–water partition coefficient (Wildman–Crippen LogP) is 5.40. The molecule has 4 nitrogen and oxygen atoms in total. The largest absolute Gasteiger partial charge is 0.343 e. The zero-order valence-corrected chi connectivity index (χ0v) is 23.5. The third-order valence-electron chi connectivity index (χ3n) is 5.47. The quantitative estimate of drug-likeness (QED) is 0.146. The molecule has 4 rings (SSSR count). The molecule has 0 bridgehead atoms. The third-order valence-corrected chi connectivity index (χ3v) is 14.6. The van der Waals surface area contributed by atoms with Crippen molar-refractivity contribution in [1.82, 2.24) is 0 Å². The van der Waals surface area contributed by atoms with Gasteiger partial charge >= 0.3 is 0 Å². The standard InChI is InChI=1S/C17H28O4S8/c1-13(9(22)18-13)26-7-5-17(28-15(3)11(24)20-15,29-16(4)12(25)21-16)6-8-27-14(2)10(23)19-14/h9-12,22-25H,5-8H2,1-4H3. The summed E-state index contributed by atoms with van der Waals surface area (Å²) in [4.78, 5) is -0.904. The summed E-state index contributed by atoms with van der Waals surface area (Å²) in [7, 11) is 0. The van der Waals surface area contributed by atoms with Crippen molar-refractivity contribution in [2.75, 3.05) is 11.5 Å². The Morgan fingerprint density at radius 2 is 0.897 bits per heavy atom. The van der Waals surface area contributed by atoms with Crippen molar-refractivity contribution in [2.45, 2.75) is 86.1 Å². The molecule has 0 radical (unpaired) electrons. The van der Waals surface area contributed by atoms with E-state index in [4.69, 9.17) is 18.9 Å². The topological polar surface area (TPSA) is 50.1 Å². The molecule has 29 heavy (non-hydrogen) atoms. The number of thioether (sulfide) groups is 4. The lowest BCUT2D eigenvalue weighted by molar-refractivity contribution is 0.389. The monoisotopic (exact) mass is 552 g/mol.